The molecule has 1 atom stereocenters. The van der Waals surface area contributed by atoms with Gasteiger partial charge in [-0.05, 0) is 30.7 Å². The molecule has 0 spiro atoms. The number of carbonyl (C=O) groups excluding carboxylic acids is 2. The molecule has 7 heteroatoms. The molecular weight excluding hydrogens is 354 g/mol. The maximum absolute atomic E-state index is 13.0. The number of hydrogen-bond acceptors (Lipinski definition) is 3. The van der Waals surface area contributed by atoms with Crippen LogP contribution in [-0.4, -0.2) is 19.0 Å². The van der Waals surface area contributed by atoms with Crippen molar-refractivity contribution in [2.24, 2.45) is 0 Å². The maximum Gasteiger partial charge on any atom is 0.319 e. The van der Waals surface area contributed by atoms with E-state index < -0.39 is 6.04 Å². The summed E-state index contributed by atoms with van der Waals surface area (Å²) in [4.78, 5) is 24.9. The van der Waals surface area contributed by atoms with Crippen molar-refractivity contribution in [2.75, 3.05) is 12.4 Å². The van der Waals surface area contributed by atoms with Crippen molar-refractivity contribution in [2.45, 2.75) is 13.0 Å². The van der Waals surface area contributed by atoms with Crippen LogP contribution >= 0.6 is 11.6 Å². The van der Waals surface area contributed by atoms with Crippen LogP contribution in [0.1, 0.15) is 18.5 Å². The van der Waals surface area contributed by atoms with Crippen LogP contribution in [0, 0.1) is 0 Å². The summed E-state index contributed by atoms with van der Waals surface area (Å²) in [6, 6.07) is 13.2. The number of benzene rings is 2. The minimum atomic E-state index is -0.660. The first-order valence-corrected chi connectivity index (χ1v) is 8.36. The van der Waals surface area contributed by atoms with Gasteiger partial charge < -0.3 is 20.7 Å². The Kier molecular flexibility index (Phi) is 5.14. The summed E-state index contributed by atoms with van der Waals surface area (Å²) >= 11 is 6.28. The zero-order valence-electron chi connectivity index (χ0n) is 14.3. The standard InChI is InChI=1S/C19H18ClN3O3/c1-11-16(18(24)22-14-9-5-6-10-15(14)26-2)17(23-19(25)21-11)12-7-3-4-8-13(12)20/h3-10,17H,1-2H3,(H,22,24)(H2,21,23,25)/t17-/m1/s1. The number of hydrogen-bond donors (Lipinski definition) is 3. The highest BCUT2D eigenvalue weighted by atomic mass is 35.5. The lowest BCUT2D eigenvalue weighted by Gasteiger charge is -2.29. The van der Waals surface area contributed by atoms with Crippen LogP contribution in [0.4, 0.5) is 10.5 Å². The van der Waals surface area contributed by atoms with Crippen molar-refractivity contribution in [3.63, 3.8) is 0 Å². The highest BCUT2D eigenvalue weighted by Crippen LogP contribution is 2.33. The van der Waals surface area contributed by atoms with Gasteiger partial charge in [0, 0.05) is 10.7 Å². The van der Waals surface area contributed by atoms with Gasteiger partial charge in [0.1, 0.15) is 5.75 Å². The van der Waals surface area contributed by atoms with Crippen molar-refractivity contribution in [3.05, 3.63) is 70.4 Å². The first-order valence-electron chi connectivity index (χ1n) is 7.98. The minimum absolute atomic E-state index is 0.357. The van der Waals surface area contributed by atoms with Crippen molar-refractivity contribution in [1.29, 1.82) is 0 Å². The van der Waals surface area contributed by atoms with Gasteiger partial charge in [0.25, 0.3) is 5.91 Å². The molecule has 0 saturated carbocycles. The second kappa shape index (κ2) is 7.49. The van der Waals surface area contributed by atoms with Crippen LogP contribution in [0.5, 0.6) is 5.75 Å². The summed E-state index contributed by atoms with van der Waals surface area (Å²) in [7, 11) is 1.53. The Labute approximate surface area is 156 Å². The average Bonchev–Trinajstić information content (AvgIpc) is 2.61. The number of halogens is 1. The summed E-state index contributed by atoms with van der Waals surface area (Å²) in [6.07, 6.45) is 0. The molecule has 134 valence electrons. The zero-order valence-corrected chi connectivity index (χ0v) is 15.1. The summed E-state index contributed by atoms with van der Waals surface area (Å²) in [5.41, 5.74) is 2.03. The Balaban J connectivity index is 1.99. The van der Waals surface area contributed by atoms with Gasteiger partial charge in [0.2, 0.25) is 0 Å². The third-order valence-electron chi connectivity index (χ3n) is 4.09. The van der Waals surface area contributed by atoms with Crippen LogP contribution in [-0.2, 0) is 4.79 Å². The smallest absolute Gasteiger partial charge is 0.319 e. The molecule has 0 bridgehead atoms. The predicted octanol–water partition coefficient (Wildman–Crippen LogP) is 3.62. The van der Waals surface area contributed by atoms with E-state index in [-0.39, 0.29) is 11.9 Å². The Morgan fingerprint density at radius 3 is 2.58 bits per heavy atom. The molecule has 3 N–H and O–H groups in total. The van der Waals surface area contributed by atoms with E-state index >= 15 is 0 Å². The molecule has 2 aromatic rings. The molecule has 26 heavy (non-hydrogen) atoms. The molecule has 0 saturated heterocycles. The Hall–Kier alpha value is -2.99. The number of amides is 3. The van der Waals surface area contributed by atoms with E-state index in [1.165, 1.54) is 7.11 Å². The normalized spacial score (nSPS) is 16.6. The molecule has 1 aliphatic rings. The van der Waals surface area contributed by atoms with Crippen LogP contribution in [0.3, 0.4) is 0 Å². The lowest BCUT2D eigenvalue weighted by molar-refractivity contribution is -0.113. The number of methoxy groups -OCH3 is 1. The molecular formula is C19H18ClN3O3. The molecule has 2 aromatic carbocycles. The molecule has 6 nitrogen and oxygen atoms in total. The maximum atomic E-state index is 13.0. The summed E-state index contributed by atoms with van der Waals surface area (Å²) in [6.45, 7) is 1.68. The fraction of sp³-hybridized carbons (Fsp3) is 0.158. The highest BCUT2D eigenvalue weighted by Gasteiger charge is 2.32. The van der Waals surface area contributed by atoms with E-state index in [4.69, 9.17) is 16.3 Å². The van der Waals surface area contributed by atoms with Gasteiger partial charge in [-0.2, -0.15) is 0 Å². The van der Waals surface area contributed by atoms with Gasteiger partial charge in [-0.15, -0.1) is 0 Å². The van der Waals surface area contributed by atoms with Gasteiger partial charge in [0.15, 0.2) is 0 Å². The second-order valence-electron chi connectivity index (χ2n) is 5.75. The van der Waals surface area contributed by atoms with E-state index in [1.54, 1.807) is 49.4 Å². The predicted molar refractivity (Wildman–Crippen MR) is 100 cm³/mol. The number of rotatable bonds is 4. The van der Waals surface area contributed by atoms with Crippen LogP contribution in [0.2, 0.25) is 5.02 Å². The van der Waals surface area contributed by atoms with Crippen LogP contribution < -0.4 is 20.7 Å². The monoisotopic (exact) mass is 371 g/mol. The van der Waals surface area contributed by atoms with Crippen LogP contribution in [0.15, 0.2) is 59.8 Å². The lowest BCUT2D eigenvalue weighted by Crippen LogP contribution is -2.46. The number of urea groups is 1. The summed E-state index contributed by atoms with van der Waals surface area (Å²) in [5, 5.41) is 8.71. The van der Waals surface area contributed by atoms with Gasteiger partial charge in [-0.1, -0.05) is 41.9 Å². The van der Waals surface area contributed by atoms with Gasteiger partial charge in [-0.25, -0.2) is 4.79 Å². The molecule has 3 rings (SSSR count). The number of allylic oxidation sites excluding steroid dienone is 1. The third-order valence-corrected chi connectivity index (χ3v) is 4.43. The van der Waals surface area contributed by atoms with Crippen LogP contribution in [0.25, 0.3) is 0 Å². The first-order chi connectivity index (χ1) is 12.5. The van der Waals surface area contributed by atoms with Gasteiger partial charge in [0.05, 0.1) is 24.4 Å². The van der Waals surface area contributed by atoms with E-state index in [0.29, 0.717) is 33.3 Å². The lowest BCUT2D eigenvalue weighted by atomic mass is 9.94. The number of ether oxygens (including phenoxy) is 1. The summed E-state index contributed by atoms with van der Waals surface area (Å²) in [5.74, 6) is 0.186. The van der Waals surface area contributed by atoms with Crippen molar-refractivity contribution >= 4 is 29.2 Å². The molecule has 1 heterocycles. The van der Waals surface area contributed by atoms with Gasteiger partial charge >= 0.3 is 6.03 Å². The molecule has 0 aliphatic carbocycles. The fourth-order valence-electron chi connectivity index (χ4n) is 2.87. The number of nitrogens with one attached hydrogen (secondary N) is 3. The SMILES string of the molecule is COc1ccccc1NC(=O)C1=C(C)NC(=O)N[C@@H]1c1ccccc1Cl. The Morgan fingerprint density at radius 2 is 1.85 bits per heavy atom. The van der Waals surface area contributed by atoms with Crippen molar-refractivity contribution in [1.82, 2.24) is 10.6 Å². The molecule has 0 aromatic heterocycles. The molecule has 0 unspecified atom stereocenters. The molecule has 0 fully saturated rings. The zero-order chi connectivity index (χ0) is 18.7. The Bertz CT molecular complexity index is 895. The molecule has 3 amide bonds. The van der Waals surface area contributed by atoms with E-state index in [1.807, 2.05) is 6.07 Å². The van der Waals surface area contributed by atoms with E-state index in [9.17, 15) is 9.59 Å². The largest absolute Gasteiger partial charge is 0.495 e. The summed E-state index contributed by atoms with van der Waals surface area (Å²) < 4.78 is 5.27. The van der Waals surface area contributed by atoms with Gasteiger partial charge in [-0.3, -0.25) is 4.79 Å². The molecule has 1 aliphatic heterocycles. The van der Waals surface area contributed by atoms with Crippen molar-refractivity contribution in [3.8, 4) is 5.75 Å². The molecule has 0 radical (unpaired) electrons. The third kappa shape index (κ3) is 3.50. The second-order valence-corrected chi connectivity index (χ2v) is 6.15. The quantitative estimate of drug-likeness (QED) is 0.768. The Morgan fingerprint density at radius 1 is 1.15 bits per heavy atom. The number of carbonyl (C=O) groups is 2. The van der Waals surface area contributed by atoms with Crippen molar-refractivity contribution < 1.29 is 14.3 Å². The van der Waals surface area contributed by atoms with E-state index in [0.717, 1.165) is 0 Å². The highest BCUT2D eigenvalue weighted by molar-refractivity contribution is 6.31. The fourth-order valence-corrected chi connectivity index (χ4v) is 3.12. The average molecular weight is 372 g/mol. The first kappa shape index (κ1) is 17.8. The van der Waals surface area contributed by atoms with E-state index in [2.05, 4.69) is 16.0 Å². The topological polar surface area (TPSA) is 79.5 Å². The minimum Gasteiger partial charge on any atom is -0.495 e. The number of anilines is 1. The number of para-hydroxylation sites is 2.